The molecule has 0 spiro atoms. The van der Waals surface area contributed by atoms with Crippen molar-refractivity contribution in [3.63, 3.8) is 0 Å². The summed E-state index contributed by atoms with van der Waals surface area (Å²) in [5, 5.41) is 17.8. The van der Waals surface area contributed by atoms with E-state index in [0.717, 1.165) is 33.5 Å². The average molecular weight is 336 g/mol. The van der Waals surface area contributed by atoms with Crippen LogP contribution in [0.2, 0.25) is 0 Å². The number of imidazole rings is 1. The predicted octanol–water partition coefficient (Wildman–Crippen LogP) is 3.56. The minimum absolute atomic E-state index is 0.0521. The van der Waals surface area contributed by atoms with Crippen LogP contribution < -0.4 is 5.32 Å². The summed E-state index contributed by atoms with van der Waals surface area (Å²) in [4.78, 5) is 5.48. The summed E-state index contributed by atoms with van der Waals surface area (Å²) in [6.07, 6.45) is 1.92. The zero-order chi connectivity index (χ0) is 16.4. The van der Waals surface area contributed by atoms with E-state index < -0.39 is 0 Å². The Morgan fingerprint density at radius 2 is 1.79 bits per heavy atom. The molecule has 4 aromatic rings. The van der Waals surface area contributed by atoms with E-state index in [2.05, 4.69) is 27.5 Å². The lowest BCUT2D eigenvalue weighted by atomic mass is 10.1. The lowest BCUT2D eigenvalue weighted by molar-refractivity contribution is 0.282. The van der Waals surface area contributed by atoms with Crippen LogP contribution in [0.5, 0.6) is 0 Å². The van der Waals surface area contributed by atoms with E-state index in [4.69, 9.17) is 5.11 Å². The van der Waals surface area contributed by atoms with Crippen molar-refractivity contribution >= 4 is 21.4 Å². The average Bonchev–Trinajstić information content (AvgIpc) is 3.19. The Hall–Kier alpha value is -2.70. The fourth-order valence-electron chi connectivity index (χ4n) is 2.47. The molecule has 0 aliphatic rings. The number of aromatic nitrogens is 3. The van der Waals surface area contributed by atoms with Crippen molar-refractivity contribution in [2.24, 2.45) is 0 Å². The first-order valence-corrected chi connectivity index (χ1v) is 8.47. The molecule has 0 aliphatic carbocycles. The van der Waals surface area contributed by atoms with E-state index in [1.165, 1.54) is 16.9 Å². The molecule has 2 aromatic heterocycles. The highest BCUT2D eigenvalue weighted by molar-refractivity contribution is 7.20. The van der Waals surface area contributed by atoms with Crippen LogP contribution in [0.3, 0.4) is 0 Å². The summed E-state index contributed by atoms with van der Waals surface area (Å²) in [6, 6.07) is 18.0. The number of nitrogens with one attached hydrogen (secondary N) is 1. The number of nitrogens with zero attached hydrogens (tertiary/aromatic N) is 3. The van der Waals surface area contributed by atoms with Gasteiger partial charge in [0.15, 0.2) is 0 Å². The molecule has 0 fully saturated rings. The quantitative estimate of drug-likeness (QED) is 0.585. The van der Waals surface area contributed by atoms with Gasteiger partial charge in [-0.2, -0.15) is 0 Å². The molecule has 4 rings (SSSR count). The van der Waals surface area contributed by atoms with Gasteiger partial charge in [-0.15, -0.1) is 5.10 Å². The van der Waals surface area contributed by atoms with Gasteiger partial charge in [-0.1, -0.05) is 65.9 Å². The number of aliphatic hydroxyl groups is 1. The third-order valence-electron chi connectivity index (χ3n) is 3.76. The van der Waals surface area contributed by atoms with Gasteiger partial charge in [0.25, 0.3) is 0 Å². The number of rotatable bonds is 5. The third kappa shape index (κ3) is 3.02. The van der Waals surface area contributed by atoms with E-state index in [1.807, 2.05) is 48.7 Å². The minimum Gasteiger partial charge on any atom is -0.392 e. The maximum Gasteiger partial charge on any atom is 0.214 e. The monoisotopic (exact) mass is 336 g/mol. The highest BCUT2D eigenvalue weighted by atomic mass is 32.1. The number of hydrogen-bond donors (Lipinski definition) is 2. The Labute approximate surface area is 143 Å². The lowest BCUT2D eigenvalue weighted by Gasteiger charge is -2.01. The van der Waals surface area contributed by atoms with E-state index in [9.17, 15) is 0 Å². The van der Waals surface area contributed by atoms with Crippen molar-refractivity contribution in [3.05, 3.63) is 71.9 Å². The SMILES string of the molecule is OCc1ccc(-c2cn3nc(NCc4ccccc4)sc3n2)cc1. The molecule has 120 valence electrons. The van der Waals surface area contributed by atoms with Gasteiger partial charge in [0, 0.05) is 12.1 Å². The fourth-order valence-corrected chi connectivity index (χ4v) is 3.24. The third-order valence-corrected chi connectivity index (χ3v) is 4.64. The second-order valence-electron chi connectivity index (χ2n) is 5.45. The molecule has 6 heteroatoms. The van der Waals surface area contributed by atoms with Gasteiger partial charge in [-0.25, -0.2) is 9.50 Å². The zero-order valence-electron chi connectivity index (χ0n) is 12.9. The predicted molar refractivity (Wildman–Crippen MR) is 96.0 cm³/mol. The Morgan fingerprint density at radius 1 is 1.00 bits per heavy atom. The molecular formula is C18H16N4OS. The Morgan fingerprint density at radius 3 is 2.50 bits per heavy atom. The van der Waals surface area contributed by atoms with Crippen LogP contribution in [-0.2, 0) is 13.2 Å². The highest BCUT2D eigenvalue weighted by Crippen LogP contribution is 2.25. The summed E-state index contributed by atoms with van der Waals surface area (Å²) < 4.78 is 1.80. The van der Waals surface area contributed by atoms with Crippen LogP contribution in [0, 0.1) is 0 Å². The second kappa shape index (κ2) is 6.43. The summed E-state index contributed by atoms with van der Waals surface area (Å²) in [5.74, 6) is 0. The molecule has 0 saturated heterocycles. The maximum atomic E-state index is 9.11. The molecule has 0 amide bonds. The van der Waals surface area contributed by atoms with Crippen LogP contribution in [0.15, 0.2) is 60.8 Å². The first-order valence-electron chi connectivity index (χ1n) is 7.66. The van der Waals surface area contributed by atoms with Gasteiger partial charge >= 0.3 is 0 Å². The van der Waals surface area contributed by atoms with Crippen LogP contribution in [0.1, 0.15) is 11.1 Å². The fraction of sp³-hybridized carbons (Fsp3) is 0.111. The molecule has 2 heterocycles. The van der Waals surface area contributed by atoms with E-state index in [-0.39, 0.29) is 6.61 Å². The summed E-state index contributed by atoms with van der Waals surface area (Å²) in [6.45, 7) is 0.795. The summed E-state index contributed by atoms with van der Waals surface area (Å²) in [7, 11) is 0. The number of fused-ring (bicyclic) bond motifs is 1. The van der Waals surface area contributed by atoms with Crippen LogP contribution in [0.4, 0.5) is 5.13 Å². The minimum atomic E-state index is 0.0521. The van der Waals surface area contributed by atoms with Crippen molar-refractivity contribution in [3.8, 4) is 11.3 Å². The normalized spacial score (nSPS) is 11.0. The zero-order valence-corrected chi connectivity index (χ0v) is 13.7. The van der Waals surface area contributed by atoms with Crippen molar-refractivity contribution in [2.45, 2.75) is 13.2 Å². The van der Waals surface area contributed by atoms with Crippen LogP contribution in [0.25, 0.3) is 16.2 Å². The number of hydrogen-bond acceptors (Lipinski definition) is 5. The highest BCUT2D eigenvalue weighted by Gasteiger charge is 2.09. The van der Waals surface area contributed by atoms with Crippen LogP contribution >= 0.6 is 11.3 Å². The summed E-state index contributed by atoms with van der Waals surface area (Å²) in [5.41, 5.74) is 4.01. The second-order valence-corrected chi connectivity index (χ2v) is 6.41. The smallest absolute Gasteiger partial charge is 0.214 e. The Balaban J connectivity index is 1.51. The number of anilines is 1. The molecule has 0 atom stereocenters. The molecule has 0 radical (unpaired) electrons. The molecular weight excluding hydrogens is 320 g/mol. The van der Waals surface area contributed by atoms with Crippen molar-refractivity contribution in [1.29, 1.82) is 0 Å². The van der Waals surface area contributed by atoms with Gasteiger partial charge in [-0.05, 0) is 11.1 Å². The molecule has 0 saturated carbocycles. The van der Waals surface area contributed by atoms with Gasteiger partial charge in [0.2, 0.25) is 10.1 Å². The van der Waals surface area contributed by atoms with Crippen molar-refractivity contribution in [1.82, 2.24) is 14.6 Å². The first-order chi connectivity index (χ1) is 11.8. The lowest BCUT2D eigenvalue weighted by Crippen LogP contribution is -1.99. The Bertz CT molecular complexity index is 913. The molecule has 5 nitrogen and oxygen atoms in total. The van der Waals surface area contributed by atoms with E-state index >= 15 is 0 Å². The topological polar surface area (TPSA) is 62.5 Å². The first kappa shape index (κ1) is 14.9. The van der Waals surface area contributed by atoms with Gasteiger partial charge < -0.3 is 10.4 Å². The summed E-state index contributed by atoms with van der Waals surface area (Å²) >= 11 is 1.53. The largest absolute Gasteiger partial charge is 0.392 e. The molecule has 0 aliphatic heterocycles. The van der Waals surface area contributed by atoms with Crippen LogP contribution in [-0.4, -0.2) is 19.7 Å². The standard InChI is InChI=1S/C18H16N4OS/c23-12-14-6-8-15(9-7-14)16-11-22-18(20-16)24-17(21-22)19-10-13-4-2-1-3-5-13/h1-9,11,23H,10,12H2,(H,19,21). The maximum absolute atomic E-state index is 9.11. The van der Waals surface area contributed by atoms with Gasteiger partial charge in [0.1, 0.15) is 0 Å². The van der Waals surface area contributed by atoms with Gasteiger partial charge in [0.05, 0.1) is 18.5 Å². The number of benzene rings is 2. The van der Waals surface area contributed by atoms with Gasteiger partial charge in [-0.3, -0.25) is 0 Å². The molecule has 0 bridgehead atoms. The molecule has 0 unspecified atom stereocenters. The molecule has 2 aromatic carbocycles. The molecule has 24 heavy (non-hydrogen) atoms. The van der Waals surface area contributed by atoms with Crippen molar-refractivity contribution < 1.29 is 5.11 Å². The number of aliphatic hydroxyl groups excluding tert-OH is 1. The van der Waals surface area contributed by atoms with Crippen molar-refractivity contribution in [2.75, 3.05) is 5.32 Å². The Kier molecular flexibility index (Phi) is 3.98. The van der Waals surface area contributed by atoms with E-state index in [1.54, 1.807) is 4.52 Å². The van der Waals surface area contributed by atoms with E-state index in [0.29, 0.717) is 0 Å². The molecule has 2 N–H and O–H groups in total.